The Morgan fingerprint density at radius 1 is 1.12 bits per heavy atom. The van der Waals surface area contributed by atoms with Gasteiger partial charge in [0.1, 0.15) is 11.3 Å². The third-order valence-electron chi connectivity index (χ3n) is 3.52. The number of hydrogen-bond acceptors (Lipinski definition) is 4. The number of anilines is 1. The maximum absolute atomic E-state index is 12.8. The van der Waals surface area contributed by atoms with Gasteiger partial charge < -0.3 is 5.11 Å². The number of amides is 4. The molecule has 2 aromatic carbocycles. The molecule has 132 valence electrons. The Balaban J connectivity index is 2.06. The summed E-state index contributed by atoms with van der Waals surface area (Å²) in [4.78, 5) is 38.0. The number of hydrogen-bond donors (Lipinski definition) is 2. The normalized spacial score (nSPS) is 16.2. The van der Waals surface area contributed by atoms with Crippen molar-refractivity contribution < 1.29 is 19.5 Å². The first-order chi connectivity index (χ1) is 12.3. The monoisotopic (exact) mass is 590 g/mol. The highest BCUT2D eigenvalue weighted by Crippen LogP contribution is 2.32. The minimum Gasteiger partial charge on any atom is -0.506 e. The summed E-state index contributed by atoms with van der Waals surface area (Å²) in [5, 5.41) is 12.0. The molecule has 1 saturated heterocycles. The minimum atomic E-state index is -0.809. The zero-order valence-corrected chi connectivity index (χ0v) is 18.1. The summed E-state index contributed by atoms with van der Waals surface area (Å²) in [7, 11) is 0. The molecule has 0 bridgehead atoms. The summed E-state index contributed by atoms with van der Waals surface area (Å²) in [6.07, 6.45) is 1.38. The molecule has 3 rings (SSSR count). The summed E-state index contributed by atoms with van der Waals surface area (Å²) in [5.74, 6) is -1.43. The second-order valence-electron chi connectivity index (χ2n) is 5.27. The maximum atomic E-state index is 12.8. The van der Waals surface area contributed by atoms with E-state index in [9.17, 15) is 19.5 Å². The van der Waals surface area contributed by atoms with Gasteiger partial charge in [-0.25, -0.2) is 9.69 Å². The third kappa shape index (κ3) is 3.69. The number of phenolic OH excluding ortho intramolecular Hbond substituents is 1. The van der Waals surface area contributed by atoms with E-state index in [2.05, 4.69) is 37.2 Å². The molecule has 0 atom stereocenters. The number of imide groups is 2. The number of barbiturate groups is 1. The van der Waals surface area contributed by atoms with Crippen LogP contribution in [0.25, 0.3) is 6.08 Å². The zero-order chi connectivity index (χ0) is 19.0. The molecule has 0 radical (unpaired) electrons. The fraction of sp³-hybridized carbons (Fsp3) is 0. The molecule has 2 N–H and O–H groups in total. The first-order valence-corrected chi connectivity index (χ1v) is 9.79. The molecule has 0 unspecified atom stereocenters. The smallest absolute Gasteiger partial charge is 0.335 e. The molecule has 26 heavy (non-hydrogen) atoms. The third-order valence-corrected chi connectivity index (χ3v) is 5.44. The first kappa shape index (κ1) is 19.1. The summed E-state index contributed by atoms with van der Waals surface area (Å²) in [6, 6.07) is 9.02. The first-order valence-electron chi connectivity index (χ1n) is 7.13. The van der Waals surface area contributed by atoms with Gasteiger partial charge >= 0.3 is 6.03 Å². The van der Waals surface area contributed by atoms with Gasteiger partial charge in [0.05, 0.1) is 13.7 Å². The number of aromatic hydroxyl groups is 1. The molecule has 1 aliphatic heterocycles. The van der Waals surface area contributed by atoms with Gasteiger partial charge in [-0.05, 0) is 80.5 Å². The quantitative estimate of drug-likeness (QED) is 0.312. The lowest BCUT2D eigenvalue weighted by Crippen LogP contribution is -2.54. The predicted molar refractivity (Wildman–Crippen MR) is 112 cm³/mol. The van der Waals surface area contributed by atoms with Crippen molar-refractivity contribution in [3.05, 3.63) is 60.1 Å². The van der Waals surface area contributed by atoms with Gasteiger partial charge in [-0.3, -0.25) is 14.9 Å². The number of carbonyl (C=O) groups is 3. The Labute approximate surface area is 178 Å². The SMILES string of the molecule is O=C1NC(=O)N(c2cccc(Br)c2)C(=O)/C1=C\c1cc(Br)c(O)c(I)c1. The van der Waals surface area contributed by atoms with Gasteiger partial charge in [-0.1, -0.05) is 22.0 Å². The van der Waals surface area contributed by atoms with Crippen molar-refractivity contribution in [3.8, 4) is 5.75 Å². The highest BCUT2D eigenvalue weighted by Gasteiger charge is 2.36. The van der Waals surface area contributed by atoms with E-state index in [4.69, 9.17) is 0 Å². The number of halogens is 3. The Hall–Kier alpha value is -1.72. The van der Waals surface area contributed by atoms with Crippen LogP contribution in [-0.4, -0.2) is 23.0 Å². The second kappa shape index (κ2) is 7.49. The van der Waals surface area contributed by atoms with Crippen LogP contribution in [-0.2, 0) is 9.59 Å². The van der Waals surface area contributed by atoms with Gasteiger partial charge in [-0.15, -0.1) is 0 Å². The van der Waals surface area contributed by atoms with Crippen LogP contribution in [0, 0.1) is 3.57 Å². The van der Waals surface area contributed by atoms with E-state index in [-0.39, 0.29) is 11.3 Å². The molecule has 0 aliphatic carbocycles. The number of nitrogens with one attached hydrogen (secondary N) is 1. The molecule has 0 saturated carbocycles. The fourth-order valence-electron chi connectivity index (χ4n) is 2.34. The van der Waals surface area contributed by atoms with Crippen LogP contribution < -0.4 is 10.2 Å². The lowest BCUT2D eigenvalue weighted by Gasteiger charge is -2.26. The maximum Gasteiger partial charge on any atom is 0.335 e. The molecule has 4 amide bonds. The summed E-state index contributed by atoms with van der Waals surface area (Å²) in [6.45, 7) is 0. The number of phenols is 1. The second-order valence-corrected chi connectivity index (χ2v) is 8.20. The predicted octanol–water partition coefficient (Wildman–Crippen LogP) is 4.19. The van der Waals surface area contributed by atoms with Crippen molar-refractivity contribution in [2.24, 2.45) is 0 Å². The molecule has 1 heterocycles. The Morgan fingerprint density at radius 2 is 1.85 bits per heavy atom. The van der Waals surface area contributed by atoms with Crippen LogP contribution in [0.15, 0.2) is 50.9 Å². The van der Waals surface area contributed by atoms with E-state index < -0.39 is 17.8 Å². The van der Waals surface area contributed by atoms with Gasteiger partial charge in [-0.2, -0.15) is 0 Å². The number of benzene rings is 2. The van der Waals surface area contributed by atoms with E-state index in [1.807, 2.05) is 22.6 Å². The van der Waals surface area contributed by atoms with E-state index >= 15 is 0 Å². The average Bonchev–Trinajstić information content (AvgIpc) is 2.56. The van der Waals surface area contributed by atoms with Crippen LogP contribution in [0.5, 0.6) is 5.75 Å². The molecular weight excluding hydrogens is 583 g/mol. The number of nitrogens with zero attached hydrogens (tertiary/aromatic N) is 1. The molecule has 9 heteroatoms. The lowest BCUT2D eigenvalue weighted by atomic mass is 10.1. The summed E-state index contributed by atoms with van der Waals surface area (Å²) in [5.41, 5.74) is 0.681. The van der Waals surface area contributed by atoms with Gasteiger partial charge in [0, 0.05) is 4.47 Å². The summed E-state index contributed by atoms with van der Waals surface area (Å²) < 4.78 is 1.67. The number of carbonyl (C=O) groups excluding carboxylic acids is 3. The van der Waals surface area contributed by atoms with Gasteiger partial charge in [0.25, 0.3) is 11.8 Å². The number of urea groups is 1. The lowest BCUT2D eigenvalue weighted by molar-refractivity contribution is -0.122. The standard InChI is InChI=1S/C17H9Br2IN2O4/c18-9-2-1-3-10(7-9)22-16(25)11(15(24)21-17(22)26)4-8-5-12(19)14(23)13(20)6-8/h1-7,23H,(H,21,24,26)/b11-4-. The molecule has 1 aliphatic rings. The topological polar surface area (TPSA) is 86.7 Å². The van der Waals surface area contributed by atoms with Crippen molar-refractivity contribution >= 4 is 84.1 Å². The van der Waals surface area contributed by atoms with Crippen molar-refractivity contribution in [3.63, 3.8) is 0 Å². The summed E-state index contributed by atoms with van der Waals surface area (Å²) >= 11 is 8.45. The van der Waals surface area contributed by atoms with E-state index in [1.54, 1.807) is 36.4 Å². The fourth-order valence-corrected chi connectivity index (χ4v) is 4.23. The van der Waals surface area contributed by atoms with Gasteiger partial charge in [0.2, 0.25) is 0 Å². The van der Waals surface area contributed by atoms with Crippen LogP contribution in [0.4, 0.5) is 10.5 Å². The van der Waals surface area contributed by atoms with E-state index in [0.717, 1.165) is 4.90 Å². The molecule has 6 nitrogen and oxygen atoms in total. The van der Waals surface area contributed by atoms with Crippen LogP contribution in [0.3, 0.4) is 0 Å². The van der Waals surface area contributed by atoms with Crippen LogP contribution >= 0.6 is 54.5 Å². The molecule has 2 aromatic rings. The zero-order valence-electron chi connectivity index (χ0n) is 12.8. The highest BCUT2D eigenvalue weighted by molar-refractivity contribution is 14.1. The highest BCUT2D eigenvalue weighted by atomic mass is 127. The van der Waals surface area contributed by atoms with Crippen molar-refractivity contribution in [1.29, 1.82) is 0 Å². The molecule has 0 spiro atoms. The van der Waals surface area contributed by atoms with Crippen molar-refractivity contribution in [2.45, 2.75) is 0 Å². The number of rotatable bonds is 2. The minimum absolute atomic E-state index is 0.0677. The Morgan fingerprint density at radius 3 is 2.50 bits per heavy atom. The van der Waals surface area contributed by atoms with Gasteiger partial charge in [0.15, 0.2) is 0 Å². The Kier molecular flexibility index (Phi) is 5.49. The molecule has 0 aromatic heterocycles. The largest absolute Gasteiger partial charge is 0.506 e. The van der Waals surface area contributed by atoms with Crippen molar-refractivity contribution in [2.75, 3.05) is 4.90 Å². The van der Waals surface area contributed by atoms with E-state index in [1.165, 1.54) is 6.08 Å². The van der Waals surface area contributed by atoms with E-state index in [0.29, 0.717) is 23.8 Å². The molecule has 1 fully saturated rings. The Bertz CT molecular complexity index is 967. The van der Waals surface area contributed by atoms with Crippen LogP contribution in [0.1, 0.15) is 5.56 Å². The van der Waals surface area contributed by atoms with Crippen LogP contribution in [0.2, 0.25) is 0 Å². The molecular formula is C17H9Br2IN2O4. The van der Waals surface area contributed by atoms with Crippen molar-refractivity contribution in [1.82, 2.24) is 5.32 Å². The average molecular weight is 592 g/mol.